The lowest BCUT2D eigenvalue weighted by molar-refractivity contribution is 0.0973. The number of fused-ring (bicyclic) bond motifs is 1. The number of aromatic nitrogens is 1. The van der Waals surface area contributed by atoms with Gasteiger partial charge in [-0.3, -0.25) is 4.98 Å². The molecule has 3 rings (SSSR count). The van der Waals surface area contributed by atoms with Crippen molar-refractivity contribution >= 4 is 17.4 Å². The number of rotatable bonds is 4. The standard InChI is InChI=1S/C16H18N2O2S/c19-16(18-9-5-14-6-11-21-15(14)12-18)20-10-1-2-13-3-7-17-8-4-13/h3-4,6-8,11H,1-2,5,9-10,12H2. The maximum absolute atomic E-state index is 12.0. The molecule has 0 saturated carbocycles. The number of pyridine rings is 1. The Hall–Kier alpha value is -1.88. The number of ether oxygens (including phenoxy) is 1. The number of carbonyl (C=O) groups is 1. The molecule has 0 bridgehead atoms. The zero-order valence-corrected chi connectivity index (χ0v) is 12.6. The second-order valence-electron chi connectivity index (χ2n) is 5.11. The number of thiophene rings is 1. The van der Waals surface area contributed by atoms with Gasteiger partial charge in [0.1, 0.15) is 0 Å². The van der Waals surface area contributed by atoms with Gasteiger partial charge in [-0.2, -0.15) is 0 Å². The quantitative estimate of drug-likeness (QED) is 0.814. The fourth-order valence-corrected chi connectivity index (χ4v) is 3.42. The summed E-state index contributed by atoms with van der Waals surface area (Å²) in [4.78, 5) is 19.1. The number of hydrogen-bond acceptors (Lipinski definition) is 4. The number of amides is 1. The van der Waals surface area contributed by atoms with Crippen LogP contribution in [0.3, 0.4) is 0 Å². The average molecular weight is 302 g/mol. The third-order valence-electron chi connectivity index (χ3n) is 3.67. The zero-order valence-electron chi connectivity index (χ0n) is 11.8. The van der Waals surface area contributed by atoms with Crippen molar-refractivity contribution in [3.8, 4) is 0 Å². The molecule has 0 aliphatic carbocycles. The third-order valence-corrected chi connectivity index (χ3v) is 4.61. The summed E-state index contributed by atoms with van der Waals surface area (Å²) in [5.74, 6) is 0. The summed E-state index contributed by atoms with van der Waals surface area (Å²) in [6.45, 7) is 1.91. The molecule has 0 fully saturated rings. The molecular weight excluding hydrogens is 284 g/mol. The summed E-state index contributed by atoms with van der Waals surface area (Å²) in [7, 11) is 0. The minimum atomic E-state index is -0.191. The van der Waals surface area contributed by atoms with Crippen LogP contribution in [-0.2, 0) is 24.1 Å². The summed E-state index contributed by atoms with van der Waals surface area (Å²) < 4.78 is 5.37. The maximum atomic E-state index is 12.0. The molecule has 21 heavy (non-hydrogen) atoms. The number of nitrogens with zero attached hydrogens (tertiary/aromatic N) is 2. The Kier molecular flexibility index (Phi) is 4.50. The molecule has 110 valence electrons. The third kappa shape index (κ3) is 3.61. The fourth-order valence-electron chi connectivity index (χ4n) is 2.47. The monoisotopic (exact) mass is 302 g/mol. The Morgan fingerprint density at radius 2 is 2.19 bits per heavy atom. The molecule has 0 radical (unpaired) electrons. The predicted octanol–water partition coefficient (Wildman–Crippen LogP) is 3.27. The maximum Gasteiger partial charge on any atom is 0.410 e. The summed E-state index contributed by atoms with van der Waals surface area (Å²) in [5.41, 5.74) is 2.60. The first-order chi connectivity index (χ1) is 10.3. The average Bonchev–Trinajstić information content (AvgIpc) is 3.00. The van der Waals surface area contributed by atoms with E-state index in [2.05, 4.69) is 16.4 Å². The smallest absolute Gasteiger partial charge is 0.410 e. The van der Waals surface area contributed by atoms with Crippen LogP contribution in [0.25, 0.3) is 0 Å². The molecule has 0 aromatic carbocycles. The molecule has 3 heterocycles. The molecule has 0 N–H and O–H groups in total. The molecule has 0 spiro atoms. The summed E-state index contributed by atoms with van der Waals surface area (Å²) >= 11 is 1.72. The van der Waals surface area contributed by atoms with E-state index in [4.69, 9.17) is 4.74 Å². The van der Waals surface area contributed by atoms with Gasteiger partial charge in [0.25, 0.3) is 0 Å². The van der Waals surface area contributed by atoms with E-state index in [1.807, 2.05) is 12.1 Å². The highest BCUT2D eigenvalue weighted by Crippen LogP contribution is 2.24. The molecule has 2 aromatic heterocycles. The van der Waals surface area contributed by atoms with Gasteiger partial charge in [-0.1, -0.05) is 0 Å². The van der Waals surface area contributed by atoms with E-state index in [1.165, 1.54) is 16.0 Å². The minimum absolute atomic E-state index is 0.191. The van der Waals surface area contributed by atoms with E-state index in [0.717, 1.165) is 25.8 Å². The summed E-state index contributed by atoms with van der Waals surface area (Å²) in [5, 5.41) is 2.09. The van der Waals surface area contributed by atoms with Crippen molar-refractivity contribution < 1.29 is 9.53 Å². The Bertz CT molecular complexity index is 597. The second kappa shape index (κ2) is 6.72. The molecule has 0 saturated heterocycles. The largest absolute Gasteiger partial charge is 0.449 e. The first-order valence-electron chi connectivity index (χ1n) is 7.19. The number of carbonyl (C=O) groups excluding carboxylic acids is 1. The van der Waals surface area contributed by atoms with Crippen LogP contribution in [0, 0.1) is 0 Å². The van der Waals surface area contributed by atoms with Crippen LogP contribution in [0.5, 0.6) is 0 Å². The fraction of sp³-hybridized carbons (Fsp3) is 0.375. The predicted molar refractivity (Wildman–Crippen MR) is 82.3 cm³/mol. The summed E-state index contributed by atoms with van der Waals surface area (Å²) in [6.07, 6.45) is 6.06. The van der Waals surface area contributed by atoms with Gasteiger partial charge >= 0.3 is 6.09 Å². The van der Waals surface area contributed by atoms with Gasteiger partial charge in [-0.25, -0.2) is 4.79 Å². The highest BCUT2D eigenvalue weighted by Gasteiger charge is 2.22. The normalized spacial score (nSPS) is 13.8. The van der Waals surface area contributed by atoms with E-state index in [0.29, 0.717) is 13.2 Å². The number of hydrogen-bond donors (Lipinski definition) is 0. The van der Waals surface area contributed by atoms with Gasteiger partial charge in [-0.05, 0) is 54.0 Å². The van der Waals surface area contributed by atoms with Crippen molar-refractivity contribution in [3.63, 3.8) is 0 Å². The minimum Gasteiger partial charge on any atom is -0.449 e. The molecule has 2 aromatic rings. The molecule has 0 atom stereocenters. The SMILES string of the molecule is O=C(OCCCc1ccncc1)N1CCc2ccsc2C1. The van der Waals surface area contributed by atoms with Crippen LogP contribution in [0.2, 0.25) is 0 Å². The molecule has 4 nitrogen and oxygen atoms in total. The highest BCUT2D eigenvalue weighted by molar-refractivity contribution is 7.10. The Balaban J connectivity index is 1.41. The molecule has 0 unspecified atom stereocenters. The van der Waals surface area contributed by atoms with Gasteiger partial charge in [0.05, 0.1) is 13.2 Å². The van der Waals surface area contributed by atoms with Gasteiger partial charge in [0.15, 0.2) is 0 Å². The Labute approximate surface area is 128 Å². The van der Waals surface area contributed by atoms with Crippen molar-refractivity contribution in [2.75, 3.05) is 13.2 Å². The highest BCUT2D eigenvalue weighted by atomic mass is 32.1. The summed E-state index contributed by atoms with van der Waals surface area (Å²) in [6, 6.07) is 6.13. The topological polar surface area (TPSA) is 42.4 Å². The Morgan fingerprint density at radius 3 is 3.05 bits per heavy atom. The number of aryl methyl sites for hydroxylation is 1. The first-order valence-corrected chi connectivity index (χ1v) is 8.07. The van der Waals surface area contributed by atoms with Crippen LogP contribution in [-0.4, -0.2) is 29.1 Å². The van der Waals surface area contributed by atoms with Crippen molar-refractivity contribution in [2.45, 2.75) is 25.8 Å². The van der Waals surface area contributed by atoms with Crippen molar-refractivity contribution in [1.29, 1.82) is 0 Å². The van der Waals surface area contributed by atoms with Crippen LogP contribution in [0.4, 0.5) is 4.79 Å². The van der Waals surface area contributed by atoms with Gasteiger partial charge in [-0.15, -0.1) is 11.3 Å². The van der Waals surface area contributed by atoms with E-state index < -0.39 is 0 Å². The van der Waals surface area contributed by atoms with Crippen LogP contribution in [0.1, 0.15) is 22.4 Å². The van der Waals surface area contributed by atoms with Crippen molar-refractivity contribution in [3.05, 3.63) is 52.0 Å². The lowest BCUT2D eigenvalue weighted by Gasteiger charge is -2.26. The van der Waals surface area contributed by atoms with E-state index in [1.54, 1.807) is 28.6 Å². The van der Waals surface area contributed by atoms with Crippen molar-refractivity contribution in [2.24, 2.45) is 0 Å². The van der Waals surface area contributed by atoms with Gasteiger partial charge in [0, 0.05) is 23.8 Å². The van der Waals surface area contributed by atoms with Crippen LogP contribution in [0.15, 0.2) is 36.0 Å². The Morgan fingerprint density at radius 1 is 1.33 bits per heavy atom. The van der Waals surface area contributed by atoms with Gasteiger partial charge < -0.3 is 9.64 Å². The molecule has 1 amide bonds. The van der Waals surface area contributed by atoms with Crippen molar-refractivity contribution in [1.82, 2.24) is 9.88 Å². The molecule has 1 aliphatic heterocycles. The molecule has 1 aliphatic rings. The lowest BCUT2D eigenvalue weighted by Crippen LogP contribution is -2.35. The molecule has 5 heteroatoms. The van der Waals surface area contributed by atoms with E-state index in [-0.39, 0.29) is 6.09 Å². The molecular formula is C16H18N2O2S. The van der Waals surface area contributed by atoms with E-state index >= 15 is 0 Å². The van der Waals surface area contributed by atoms with Crippen LogP contribution >= 0.6 is 11.3 Å². The lowest BCUT2D eigenvalue weighted by atomic mass is 10.1. The first kappa shape index (κ1) is 14.1. The zero-order chi connectivity index (χ0) is 14.5. The second-order valence-corrected chi connectivity index (χ2v) is 6.11. The van der Waals surface area contributed by atoms with E-state index in [9.17, 15) is 4.79 Å². The van der Waals surface area contributed by atoms with Crippen LogP contribution < -0.4 is 0 Å². The van der Waals surface area contributed by atoms with Gasteiger partial charge in [0.2, 0.25) is 0 Å².